The van der Waals surface area contributed by atoms with Gasteiger partial charge in [0.1, 0.15) is 5.60 Å². The van der Waals surface area contributed by atoms with Crippen molar-refractivity contribution >= 4 is 17.6 Å². The molecule has 4 nitrogen and oxygen atoms in total. The predicted molar refractivity (Wildman–Crippen MR) is 155 cm³/mol. The number of benzene rings is 2. The molecule has 0 spiro atoms. The van der Waals surface area contributed by atoms with E-state index in [1.54, 1.807) is 0 Å². The predicted octanol–water partition coefficient (Wildman–Crippen LogP) is 8.33. The Labute approximate surface area is 230 Å². The van der Waals surface area contributed by atoms with E-state index in [-0.39, 0.29) is 24.2 Å². The fraction of sp³-hybridized carbons (Fsp3) is 0.594. The van der Waals surface area contributed by atoms with Crippen molar-refractivity contribution in [1.82, 2.24) is 4.90 Å². The summed E-state index contributed by atoms with van der Waals surface area (Å²) in [4.78, 5) is 15.6. The quantitative estimate of drug-likeness (QED) is 0.117. The summed E-state index contributed by atoms with van der Waals surface area (Å²) in [6, 6.07) is 21.0. The van der Waals surface area contributed by atoms with Crippen LogP contribution < -0.4 is 0 Å². The molecule has 0 saturated heterocycles. The lowest BCUT2D eigenvalue weighted by Gasteiger charge is -2.38. The summed E-state index contributed by atoms with van der Waals surface area (Å²) in [6.45, 7) is 11.6. The molecule has 2 rings (SSSR count). The molecule has 0 heterocycles. The Bertz CT molecular complexity index is 869. The average molecular weight is 530 g/mol. The molecule has 0 N–H and O–H groups in total. The van der Waals surface area contributed by atoms with Gasteiger partial charge in [-0.05, 0) is 58.1 Å². The molecular formula is C32H48ClNO3. The van der Waals surface area contributed by atoms with Gasteiger partial charge in [0.25, 0.3) is 0 Å². The van der Waals surface area contributed by atoms with Crippen molar-refractivity contribution in [2.75, 3.05) is 12.4 Å². The Hall–Kier alpha value is -1.88. The molecule has 3 atom stereocenters. The Kier molecular flexibility index (Phi) is 14.3. The Balaban J connectivity index is 2.31. The van der Waals surface area contributed by atoms with E-state index in [4.69, 9.17) is 21.1 Å². The van der Waals surface area contributed by atoms with Crippen LogP contribution in [0.25, 0.3) is 0 Å². The number of alkyl halides is 1. The van der Waals surface area contributed by atoms with E-state index in [1.807, 2.05) is 45.0 Å². The smallest absolute Gasteiger partial charge is 0.307 e. The maximum Gasteiger partial charge on any atom is 0.307 e. The number of carbonyl (C=O) groups is 1. The molecule has 0 unspecified atom stereocenters. The van der Waals surface area contributed by atoms with Crippen LogP contribution in [0.15, 0.2) is 60.7 Å². The lowest BCUT2D eigenvalue weighted by atomic mass is 9.96. The average Bonchev–Trinajstić information content (AvgIpc) is 2.87. The van der Waals surface area contributed by atoms with Gasteiger partial charge >= 0.3 is 5.97 Å². The second-order valence-corrected chi connectivity index (χ2v) is 11.3. The van der Waals surface area contributed by atoms with Crippen molar-refractivity contribution in [3.63, 3.8) is 0 Å². The highest BCUT2D eigenvalue weighted by Crippen LogP contribution is 2.29. The normalized spacial score (nSPS) is 14.4. The minimum Gasteiger partial charge on any atom is -0.460 e. The number of unbranched alkanes of at least 4 members (excludes halogenated alkanes) is 2. The van der Waals surface area contributed by atoms with Crippen LogP contribution in [0.3, 0.4) is 0 Å². The zero-order valence-electron chi connectivity index (χ0n) is 23.6. The first-order chi connectivity index (χ1) is 17.7. The Morgan fingerprint density at radius 1 is 0.973 bits per heavy atom. The van der Waals surface area contributed by atoms with Crippen molar-refractivity contribution in [2.45, 2.75) is 110 Å². The largest absolute Gasteiger partial charge is 0.460 e. The van der Waals surface area contributed by atoms with E-state index >= 15 is 0 Å². The molecule has 5 heteroatoms. The number of nitrogens with zero attached hydrogens (tertiary/aromatic N) is 1. The Morgan fingerprint density at radius 2 is 1.62 bits per heavy atom. The fourth-order valence-electron chi connectivity index (χ4n) is 4.75. The molecule has 0 aliphatic rings. The van der Waals surface area contributed by atoms with Gasteiger partial charge in [-0.3, -0.25) is 9.69 Å². The molecule has 37 heavy (non-hydrogen) atoms. The topological polar surface area (TPSA) is 38.8 Å². The zero-order chi connectivity index (χ0) is 27.1. The van der Waals surface area contributed by atoms with Crippen molar-refractivity contribution < 1.29 is 14.3 Å². The van der Waals surface area contributed by atoms with Crippen LogP contribution in [-0.4, -0.2) is 41.0 Å². The van der Waals surface area contributed by atoms with E-state index in [9.17, 15) is 4.79 Å². The first-order valence-corrected chi connectivity index (χ1v) is 14.5. The van der Waals surface area contributed by atoms with Gasteiger partial charge in [-0.2, -0.15) is 0 Å². The SMILES string of the molecule is CCCCC[C@H](C[C@H](CC(=O)OC(C)(C)C)N(CCCCl)[C@H](C)c1ccccc1)OCc1ccccc1. The van der Waals surface area contributed by atoms with Crippen LogP contribution in [-0.2, 0) is 20.9 Å². The molecule has 0 saturated carbocycles. The highest BCUT2D eigenvalue weighted by Gasteiger charge is 2.31. The molecule has 0 fully saturated rings. The highest BCUT2D eigenvalue weighted by atomic mass is 35.5. The minimum absolute atomic E-state index is 0.0179. The second kappa shape index (κ2) is 16.9. The summed E-state index contributed by atoms with van der Waals surface area (Å²) in [5.41, 5.74) is 1.89. The first-order valence-electron chi connectivity index (χ1n) is 14.0. The monoisotopic (exact) mass is 529 g/mol. The van der Waals surface area contributed by atoms with Gasteiger partial charge in [-0.1, -0.05) is 86.8 Å². The number of halogens is 1. The van der Waals surface area contributed by atoms with Crippen LogP contribution in [0.4, 0.5) is 0 Å². The van der Waals surface area contributed by atoms with Gasteiger partial charge in [-0.15, -0.1) is 11.6 Å². The third-order valence-electron chi connectivity index (χ3n) is 6.61. The number of ether oxygens (including phenoxy) is 2. The second-order valence-electron chi connectivity index (χ2n) is 11.0. The van der Waals surface area contributed by atoms with E-state index < -0.39 is 5.60 Å². The fourth-order valence-corrected chi connectivity index (χ4v) is 4.87. The maximum atomic E-state index is 13.1. The van der Waals surface area contributed by atoms with Gasteiger partial charge in [0.2, 0.25) is 0 Å². The summed E-state index contributed by atoms with van der Waals surface area (Å²) in [5.74, 6) is 0.422. The molecule has 0 aromatic heterocycles. The van der Waals surface area contributed by atoms with E-state index in [0.29, 0.717) is 18.9 Å². The molecule has 0 amide bonds. The van der Waals surface area contributed by atoms with E-state index in [1.165, 1.54) is 24.0 Å². The van der Waals surface area contributed by atoms with Gasteiger partial charge in [0, 0.05) is 24.5 Å². The van der Waals surface area contributed by atoms with Crippen LogP contribution in [0.1, 0.15) is 96.7 Å². The summed E-state index contributed by atoms with van der Waals surface area (Å²) in [7, 11) is 0. The lowest BCUT2D eigenvalue weighted by molar-refractivity contribution is -0.157. The molecule has 0 radical (unpaired) electrons. The van der Waals surface area contributed by atoms with Crippen LogP contribution in [0, 0.1) is 0 Å². The summed E-state index contributed by atoms with van der Waals surface area (Å²) in [5, 5.41) is 0. The number of esters is 1. The standard InChI is InChI=1S/C32H48ClNO3/c1-6-7-10-20-30(36-25-27-16-11-8-12-17-27)23-29(24-31(35)37-32(3,4)5)34(22-15-21-33)26(2)28-18-13-9-14-19-28/h8-9,11-14,16-19,26,29-30H,6-7,10,15,20-25H2,1-5H3/t26-,29-,30-/m1/s1. The van der Waals surface area contributed by atoms with Crippen LogP contribution in [0.2, 0.25) is 0 Å². The molecule has 206 valence electrons. The van der Waals surface area contributed by atoms with Crippen LogP contribution in [0.5, 0.6) is 0 Å². The lowest BCUT2D eigenvalue weighted by Crippen LogP contribution is -2.43. The highest BCUT2D eigenvalue weighted by molar-refractivity contribution is 6.17. The maximum absolute atomic E-state index is 13.1. The molecular weight excluding hydrogens is 482 g/mol. The number of carbonyl (C=O) groups excluding carboxylic acids is 1. The van der Waals surface area contributed by atoms with Gasteiger partial charge in [-0.25, -0.2) is 0 Å². The minimum atomic E-state index is -0.516. The van der Waals surface area contributed by atoms with E-state index in [0.717, 1.165) is 32.2 Å². The van der Waals surface area contributed by atoms with Gasteiger partial charge in [0.15, 0.2) is 0 Å². The first kappa shape index (κ1) is 31.3. The number of hydrogen-bond acceptors (Lipinski definition) is 4. The molecule has 0 aliphatic carbocycles. The third kappa shape index (κ3) is 12.5. The summed E-state index contributed by atoms with van der Waals surface area (Å²) >= 11 is 6.16. The van der Waals surface area contributed by atoms with Crippen LogP contribution >= 0.6 is 11.6 Å². The molecule has 2 aromatic carbocycles. The van der Waals surface area contributed by atoms with E-state index in [2.05, 4.69) is 55.1 Å². The zero-order valence-corrected chi connectivity index (χ0v) is 24.4. The number of rotatable bonds is 17. The summed E-state index contributed by atoms with van der Waals surface area (Å²) in [6.07, 6.45) is 6.46. The summed E-state index contributed by atoms with van der Waals surface area (Å²) < 4.78 is 12.3. The van der Waals surface area contributed by atoms with Gasteiger partial charge in [0.05, 0.1) is 19.1 Å². The molecule has 0 aliphatic heterocycles. The molecule has 2 aromatic rings. The van der Waals surface area contributed by atoms with Crippen molar-refractivity contribution in [3.05, 3.63) is 71.8 Å². The van der Waals surface area contributed by atoms with Crippen molar-refractivity contribution in [2.24, 2.45) is 0 Å². The Morgan fingerprint density at radius 3 is 2.22 bits per heavy atom. The number of hydrogen-bond donors (Lipinski definition) is 0. The van der Waals surface area contributed by atoms with Crippen molar-refractivity contribution in [3.8, 4) is 0 Å². The third-order valence-corrected chi connectivity index (χ3v) is 6.88. The molecule has 0 bridgehead atoms. The van der Waals surface area contributed by atoms with Gasteiger partial charge < -0.3 is 9.47 Å². The van der Waals surface area contributed by atoms with Crippen molar-refractivity contribution in [1.29, 1.82) is 0 Å².